The molecule has 2 aromatic rings. The molecule has 0 aliphatic carbocycles. The Morgan fingerprint density at radius 3 is 1.36 bits per heavy atom. The van der Waals surface area contributed by atoms with Gasteiger partial charge in [-0.25, -0.2) is 9.59 Å². The van der Waals surface area contributed by atoms with Crippen LogP contribution in [0.1, 0.15) is 21.0 Å². The Hall–Kier alpha value is -3.70. The Morgan fingerprint density at radius 1 is 0.682 bits per heavy atom. The van der Waals surface area contributed by atoms with Gasteiger partial charge in [0.1, 0.15) is 11.4 Å². The largest absolute Gasteiger partial charge is 0.326 e. The molecule has 0 saturated carbocycles. The van der Waals surface area contributed by atoms with Gasteiger partial charge in [0.15, 0.2) is 0 Å². The van der Waals surface area contributed by atoms with E-state index in [9.17, 15) is 28.8 Å². The maximum atomic E-state index is 11.6. The predicted molar refractivity (Wildman–Crippen MR) is 70.3 cm³/mol. The van der Waals surface area contributed by atoms with Gasteiger partial charge in [-0.1, -0.05) is 0 Å². The lowest BCUT2D eigenvalue weighted by Gasteiger charge is -2.06. The first-order valence-electron chi connectivity index (χ1n) is 5.63. The van der Waals surface area contributed by atoms with Crippen LogP contribution in [-0.4, -0.2) is 31.8 Å². The monoisotopic (exact) mass is 308 g/mol. The third kappa shape index (κ3) is 3.44. The van der Waals surface area contributed by atoms with Crippen LogP contribution in [0.5, 0.6) is 0 Å². The summed E-state index contributed by atoms with van der Waals surface area (Å²) in [5, 5.41) is 0. The number of aromatic amines is 4. The summed E-state index contributed by atoms with van der Waals surface area (Å²) >= 11 is 0. The second-order valence-electron chi connectivity index (χ2n) is 3.91. The highest BCUT2D eigenvalue weighted by Gasteiger charge is 2.12. The van der Waals surface area contributed by atoms with Gasteiger partial charge in [0, 0.05) is 12.1 Å². The first-order chi connectivity index (χ1) is 10.3. The molecule has 12 heteroatoms. The van der Waals surface area contributed by atoms with Crippen molar-refractivity contribution in [1.82, 2.24) is 30.8 Å². The molecule has 114 valence electrons. The van der Waals surface area contributed by atoms with Crippen molar-refractivity contribution in [2.45, 2.75) is 0 Å². The lowest BCUT2D eigenvalue weighted by Crippen LogP contribution is -2.44. The van der Waals surface area contributed by atoms with Crippen LogP contribution in [0.25, 0.3) is 0 Å². The topological polar surface area (TPSA) is 190 Å². The van der Waals surface area contributed by atoms with Crippen molar-refractivity contribution in [1.29, 1.82) is 0 Å². The second kappa shape index (κ2) is 5.74. The molecular weight excluding hydrogens is 300 g/mol. The molecule has 0 aromatic carbocycles. The van der Waals surface area contributed by atoms with Crippen LogP contribution in [0.4, 0.5) is 0 Å². The first-order valence-corrected chi connectivity index (χ1v) is 5.63. The van der Waals surface area contributed by atoms with Crippen LogP contribution in [0, 0.1) is 0 Å². The molecular formula is C10H8N6O6. The van der Waals surface area contributed by atoms with E-state index in [2.05, 4.69) is 0 Å². The van der Waals surface area contributed by atoms with Gasteiger partial charge in [-0.15, -0.1) is 0 Å². The molecule has 0 spiro atoms. The van der Waals surface area contributed by atoms with E-state index in [0.717, 1.165) is 12.1 Å². The minimum atomic E-state index is -0.983. The maximum absolute atomic E-state index is 11.6. The number of nitrogens with one attached hydrogen (secondary N) is 6. The SMILES string of the molecule is O=C(NNC(=O)c1cc(=O)[nH]c(=O)[nH]1)c1cc(=O)[nH]c(=O)[nH]1. The summed E-state index contributed by atoms with van der Waals surface area (Å²) in [5.41, 5.74) is -0.413. The number of hydrogen-bond acceptors (Lipinski definition) is 6. The van der Waals surface area contributed by atoms with Crippen LogP contribution in [0.2, 0.25) is 0 Å². The molecule has 2 amide bonds. The highest BCUT2D eigenvalue weighted by atomic mass is 16.2. The number of carbonyl (C=O) groups is 2. The molecule has 2 rings (SSSR count). The van der Waals surface area contributed by atoms with Gasteiger partial charge in [0.25, 0.3) is 22.9 Å². The number of rotatable bonds is 2. The Bertz CT molecular complexity index is 827. The summed E-state index contributed by atoms with van der Waals surface area (Å²) in [4.78, 5) is 75.1. The third-order valence-corrected chi connectivity index (χ3v) is 2.30. The molecule has 6 N–H and O–H groups in total. The van der Waals surface area contributed by atoms with Crippen molar-refractivity contribution in [3.05, 3.63) is 65.2 Å². The molecule has 0 unspecified atom stereocenters. The standard InChI is InChI=1S/C10H8N6O6/c17-5-1-3(11-9(21)13-5)7(19)15-16-8(20)4-2-6(18)14-10(22)12-4/h1-2H,(H,15,19)(H,16,20)(H2,11,13,17,21)(H2,12,14,18,22). The van der Waals surface area contributed by atoms with E-state index in [1.165, 1.54) is 0 Å². The molecule has 0 fully saturated rings. The fourth-order valence-corrected chi connectivity index (χ4v) is 1.43. The van der Waals surface area contributed by atoms with E-state index in [1.807, 2.05) is 30.8 Å². The van der Waals surface area contributed by atoms with Crippen LogP contribution in [0.15, 0.2) is 31.3 Å². The molecule has 0 aliphatic rings. The summed E-state index contributed by atoms with van der Waals surface area (Å²) in [6, 6.07) is 1.61. The summed E-state index contributed by atoms with van der Waals surface area (Å²) in [6.07, 6.45) is 0. The normalized spacial score (nSPS) is 10.0. The Kier molecular flexibility index (Phi) is 3.84. The first kappa shape index (κ1) is 14.7. The van der Waals surface area contributed by atoms with E-state index in [1.54, 1.807) is 0 Å². The van der Waals surface area contributed by atoms with E-state index in [-0.39, 0.29) is 0 Å². The highest BCUT2D eigenvalue weighted by Crippen LogP contribution is 1.86. The average Bonchev–Trinajstić information content (AvgIpc) is 2.42. The minimum Gasteiger partial charge on any atom is -0.303 e. The smallest absolute Gasteiger partial charge is 0.303 e. The maximum Gasteiger partial charge on any atom is 0.326 e. The van der Waals surface area contributed by atoms with E-state index in [4.69, 9.17) is 0 Å². The van der Waals surface area contributed by atoms with Crippen molar-refractivity contribution in [3.63, 3.8) is 0 Å². The van der Waals surface area contributed by atoms with Crippen molar-refractivity contribution in [3.8, 4) is 0 Å². The van der Waals surface area contributed by atoms with Crippen LogP contribution < -0.4 is 33.3 Å². The lowest BCUT2D eigenvalue weighted by atomic mass is 10.4. The summed E-state index contributed by atoms with van der Waals surface area (Å²) in [6.45, 7) is 0. The molecule has 0 saturated heterocycles. The van der Waals surface area contributed by atoms with Gasteiger partial charge in [0.05, 0.1) is 0 Å². The summed E-state index contributed by atoms with van der Waals surface area (Å²) in [7, 11) is 0. The molecule has 0 bridgehead atoms. The molecule has 0 atom stereocenters. The van der Waals surface area contributed by atoms with Crippen molar-refractivity contribution in [2.24, 2.45) is 0 Å². The highest BCUT2D eigenvalue weighted by molar-refractivity contribution is 5.97. The van der Waals surface area contributed by atoms with Crippen LogP contribution in [-0.2, 0) is 0 Å². The molecule has 12 nitrogen and oxygen atoms in total. The Labute approximate surface area is 118 Å². The van der Waals surface area contributed by atoms with Crippen molar-refractivity contribution in [2.75, 3.05) is 0 Å². The van der Waals surface area contributed by atoms with Gasteiger partial charge in [-0.3, -0.25) is 40.0 Å². The average molecular weight is 308 g/mol. The fraction of sp³-hybridized carbons (Fsp3) is 0. The molecule has 2 heterocycles. The molecule has 2 aromatic heterocycles. The number of hydrazine groups is 1. The number of amides is 2. The number of carbonyl (C=O) groups excluding carboxylic acids is 2. The van der Waals surface area contributed by atoms with E-state index >= 15 is 0 Å². The summed E-state index contributed by atoms with van der Waals surface area (Å²) in [5.74, 6) is -1.97. The van der Waals surface area contributed by atoms with Crippen LogP contribution >= 0.6 is 0 Å². The zero-order chi connectivity index (χ0) is 16.3. The van der Waals surface area contributed by atoms with Gasteiger partial charge in [0.2, 0.25) is 0 Å². The van der Waals surface area contributed by atoms with Gasteiger partial charge < -0.3 is 9.97 Å². The van der Waals surface area contributed by atoms with E-state index < -0.39 is 45.7 Å². The van der Waals surface area contributed by atoms with Gasteiger partial charge in [-0.2, -0.15) is 0 Å². The minimum absolute atomic E-state index is 0.395. The van der Waals surface area contributed by atoms with Gasteiger partial charge >= 0.3 is 11.4 Å². The molecule has 0 radical (unpaired) electrons. The third-order valence-electron chi connectivity index (χ3n) is 2.30. The fourth-order valence-electron chi connectivity index (χ4n) is 1.43. The zero-order valence-corrected chi connectivity index (χ0v) is 10.6. The number of hydrogen-bond donors (Lipinski definition) is 6. The van der Waals surface area contributed by atoms with Crippen LogP contribution in [0.3, 0.4) is 0 Å². The quantitative estimate of drug-likeness (QED) is 0.312. The Balaban J connectivity index is 2.12. The predicted octanol–water partition coefficient (Wildman–Crippen LogP) is -3.49. The summed E-state index contributed by atoms with van der Waals surface area (Å²) < 4.78 is 0. The zero-order valence-electron chi connectivity index (χ0n) is 10.6. The number of H-pyrrole nitrogens is 4. The lowest BCUT2D eigenvalue weighted by molar-refractivity contribution is 0.0840. The number of aromatic nitrogens is 4. The van der Waals surface area contributed by atoms with E-state index in [0.29, 0.717) is 0 Å². The molecule has 22 heavy (non-hydrogen) atoms. The van der Waals surface area contributed by atoms with Crippen molar-refractivity contribution >= 4 is 11.8 Å². The van der Waals surface area contributed by atoms with Crippen molar-refractivity contribution < 1.29 is 9.59 Å². The molecule has 0 aliphatic heterocycles. The van der Waals surface area contributed by atoms with Gasteiger partial charge in [-0.05, 0) is 0 Å². The Morgan fingerprint density at radius 2 is 1.05 bits per heavy atom. The second-order valence-corrected chi connectivity index (χ2v) is 3.91.